The molecule has 2 rings (SSSR count). The molecule has 0 fully saturated rings. The summed E-state index contributed by atoms with van der Waals surface area (Å²) < 4.78 is 0. The molecule has 19 heavy (non-hydrogen) atoms. The first-order valence-corrected chi connectivity index (χ1v) is 6.01. The molecule has 98 valence electrons. The third kappa shape index (κ3) is 3.04. The summed E-state index contributed by atoms with van der Waals surface area (Å²) in [5, 5.41) is 2.81. The van der Waals surface area contributed by atoms with Crippen molar-refractivity contribution in [3.8, 4) is 0 Å². The summed E-state index contributed by atoms with van der Waals surface area (Å²) in [5.74, 6) is -0.165. The number of nitrogens with zero attached hydrogens (tertiary/aromatic N) is 1. The van der Waals surface area contributed by atoms with Crippen LogP contribution in [0.2, 0.25) is 0 Å². The molecule has 0 aromatic heterocycles. The van der Waals surface area contributed by atoms with Crippen LogP contribution in [0.15, 0.2) is 48.5 Å². The second-order valence-electron chi connectivity index (χ2n) is 4.49. The van der Waals surface area contributed by atoms with E-state index < -0.39 is 0 Å². The minimum atomic E-state index is -0.165. The zero-order valence-corrected chi connectivity index (χ0v) is 11.1. The molecule has 0 saturated carbocycles. The van der Waals surface area contributed by atoms with Crippen LogP contribution < -0.4 is 16.0 Å². The largest absolute Gasteiger partial charge is 0.397 e. The number of nitrogens with one attached hydrogen (secondary N) is 1. The van der Waals surface area contributed by atoms with E-state index in [1.807, 2.05) is 49.3 Å². The summed E-state index contributed by atoms with van der Waals surface area (Å²) in [6, 6.07) is 14.6. The molecule has 4 nitrogen and oxygen atoms in total. The highest BCUT2D eigenvalue weighted by molar-refractivity contribution is 6.06. The topological polar surface area (TPSA) is 58.4 Å². The van der Waals surface area contributed by atoms with Gasteiger partial charge in [-0.25, -0.2) is 0 Å². The van der Waals surface area contributed by atoms with Crippen molar-refractivity contribution in [2.45, 2.75) is 0 Å². The van der Waals surface area contributed by atoms with Gasteiger partial charge in [0.1, 0.15) is 0 Å². The Morgan fingerprint density at radius 3 is 2.53 bits per heavy atom. The lowest BCUT2D eigenvalue weighted by molar-refractivity contribution is 0.102. The number of hydrogen-bond acceptors (Lipinski definition) is 3. The molecule has 0 unspecified atom stereocenters. The third-order valence-corrected chi connectivity index (χ3v) is 2.83. The SMILES string of the molecule is CN(C)c1cccc(C(=O)Nc2ccccc2N)c1. The van der Waals surface area contributed by atoms with Crippen LogP contribution in [0, 0.1) is 0 Å². The van der Waals surface area contributed by atoms with Gasteiger partial charge in [-0.15, -0.1) is 0 Å². The molecule has 0 aliphatic carbocycles. The molecule has 0 radical (unpaired) electrons. The summed E-state index contributed by atoms with van der Waals surface area (Å²) >= 11 is 0. The van der Waals surface area contributed by atoms with E-state index in [2.05, 4.69) is 5.32 Å². The van der Waals surface area contributed by atoms with Crippen molar-refractivity contribution in [2.24, 2.45) is 0 Å². The zero-order valence-electron chi connectivity index (χ0n) is 11.1. The highest BCUT2D eigenvalue weighted by Gasteiger charge is 2.08. The number of nitrogen functional groups attached to an aromatic ring is 1. The van der Waals surface area contributed by atoms with Crippen LogP contribution in [0.1, 0.15) is 10.4 Å². The van der Waals surface area contributed by atoms with Gasteiger partial charge in [0.15, 0.2) is 0 Å². The van der Waals surface area contributed by atoms with E-state index in [1.165, 1.54) is 0 Å². The molecule has 0 aliphatic heterocycles. The van der Waals surface area contributed by atoms with Crippen molar-refractivity contribution in [1.82, 2.24) is 0 Å². The Labute approximate surface area is 112 Å². The van der Waals surface area contributed by atoms with E-state index >= 15 is 0 Å². The number of hydrogen-bond donors (Lipinski definition) is 2. The van der Waals surface area contributed by atoms with Crippen molar-refractivity contribution in [2.75, 3.05) is 30.0 Å². The van der Waals surface area contributed by atoms with Gasteiger partial charge in [-0.05, 0) is 30.3 Å². The fraction of sp³-hybridized carbons (Fsp3) is 0.133. The smallest absolute Gasteiger partial charge is 0.255 e. The van der Waals surface area contributed by atoms with Gasteiger partial charge in [0.25, 0.3) is 5.91 Å². The summed E-state index contributed by atoms with van der Waals surface area (Å²) in [5.41, 5.74) is 8.57. The molecule has 4 heteroatoms. The summed E-state index contributed by atoms with van der Waals surface area (Å²) in [7, 11) is 3.87. The molecule has 3 N–H and O–H groups in total. The number of amides is 1. The Hall–Kier alpha value is -2.49. The van der Waals surface area contributed by atoms with Crippen LogP contribution in [0.4, 0.5) is 17.1 Å². The van der Waals surface area contributed by atoms with Gasteiger partial charge in [0.05, 0.1) is 11.4 Å². The van der Waals surface area contributed by atoms with Crippen LogP contribution in [0.5, 0.6) is 0 Å². The second kappa shape index (κ2) is 5.44. The Balaban J connectivity index is 2.21. The van der Waals surface area contributed by atoms with Crippen molar-refractivity contribution < 1.29 is 4.79 Å². The monoisotopic (exact) mass is 255 g/mol. The van der Waals surface area contributed by atoms with Gasteiger partial charge >= 0.3 is 0 Å². The molecule has 2 aromatic carbocycles. The molecule has 0 spiro atoms. The molecule has 0 saturated heterocycles. The number of nitrogens with two attached hydrogens (primary N) is 1. The summed E-state index contributed by atoms with van der Waals surface area (Å²) in [4.78, 5) is 14.1. The fourth-order valence-electron chi connectivity index (χ4n) is 1.73. The van der Waals surface area contributed by atoms with E-state index in [0.717, 1.165) is 5.69 Å². The Bertz CT molecular complexity index is 593. The predicted molar refractivity (Wildman–Crippen MR) is 79.6 cm³/mol. The Kier molecular flexibility index (Phi) is 3.71. The first kappa shape index (κ1) is 13.0. The van der Waals surface area contributed by atoms with Crippen LogP contribution >= 0.6 is 0 Å². The maximum atomic E-state index is 12.2. The number of para-hydroxylation sites is 2. The lowest BCUT2D eigenvalue weighted by atomic mass is 10.1. The number of carbonyl (C=O) groups excluding carboxylic acids is 1. The number of rotatable bonds is 3. The van der Waals surface area contributed by atoms with Crippen molar-refractivity contribution in [3.05, 3.63) is 54.1 Å². The molecule has 0 heterocycles. The highest BCUT2D eigenvalue weighted by atomic mass is 16.1. The standard InChI is InChI=1S/C15H17N3O/c1-18(2)12-7-5-6-11(10-12)15(19)17-14-9-4-3-8-13(14)16/h3-10H,16H2,1-2H3,(H,17,19). The normalized spacial score (nSPS) is 10.0. The third-order valence-electron chi connectivity index (χ3n) is 2.83. The van der Waals surface area contributed by atoms with Crippen LogP contribution in [0.3, 0.4) is 0 Å². The maximum Gasteiger partial charge on any atom is 0.255 e. The molecule has 0 bridgehead atoms. The fourth-order valence-corrected chi connectivity index (χ4v) is 1.73. The summed E-state index contributed by atoms with van der Waals surface area (Å²) in [6.07, 6.45) is 0. The number of anilines is 3. The van der Waals surface area contributed by atoms with Gasteiger partial charge in [-0.2, -0.15) is 0 Å². The minimum Gasteiger partial charge on any atom is -0.397 e. The lowest BCUT2D eigenvalue weighted by Crippen LogP contribution is -2.15. The van der Waals surface area contributed by atoms with Crippen LogP contribution in [-0.4, -0.2) is 20.0 Å². The molecule has 1 amide bonds. The maximum absolute atomic E-state index is 12.2. The number of benzene rings is 2. The van der Waals surface area contributed by atoms with E-state index in [0.29, 0.717) is 16.9 Å². The highest BCUT2D eigenvalue weighted by Crippen LogP contribution is 2.19. The Morgan fingerprint density at radius 1 is 1.11 bits per heavy atom. The Morgan fingerprint density at radius 2 is 1.84 bits per heavy atom. The molecule has 2 aromatic rings. The van der Waals surface area contributed by atoms with Gasteiger partial charge in [-0.3, -0.25) is 4.79 Å². The molecular weight excluding hydrogens is 238 g/mol. The summed E-state index contributed by atoms with van der Waals surface area (Å²) in [6.45, 7) is 0. The van der Waals surface area contributed by atoms with Crippen molar-refractivity contribution in [1.29, 1.82) is 0 Å². The van der Waals surface area contributed by atoms with E-state index in [9.17, 15) is 4.79 Å². The first-order chi connectivity index (χ1) is 9.08. The molecular formula is C15H17N3O. The average Bonchev–Trinajstić information content (AvgIpc) is 2.41. The van der Waals surface area contributed by atoms with Gasteiger partial charge in [-0.1, -0.05) is 18.2 Å². The molecule has 0 aliphatic rings. The zero-order chi connectivity index (χ0) is 13.8. The van der Waals surface area contributed by atoms with Gasteiger partial charge in [0.2, 0.25) is 0 Å². The predicted octanol–water partition coefficient (Wildman–Crippen LogP) is 2.59. The van der Waals surface area contributed by atoms with Gasteiger partial charge < -0.3 is 16.0 Å². The van der Waals surface area contributed by atoms with Gasteiger partial charge in [0, 0.05) is 25.3 Å². The molecule has 0 atom stereocenters. The van der Waals surface area contributed by atoms with E-state index in [1.54, 1.807) is 18.2 Å². The van der Waals surface area contributed by atoms with Crippen LogP contribution in [0.25, 0.3) is 0 Å². The average molecular weight is 255 g/mol. The van der Waals surface area contributed by atoms with Crippen molar-refractivity contribution >= 4 is 23.0 Å². The minimum absolute atomic E-state index is 0.165. The number of carbonyl (C=O) groups is 1. The van der Waals surface area contributed by atoms with E-state index in [4.69, 9.17) is 5.73 Å². The quantitative estimate of drug-likeness (QED) is 0.829. The lowest BCUT2D eigenvalue weighted by Gasteiger charge is -2.14. The second-order valence-corrected chi connectivity index (χ2v) is 4.49. The van der Waals surface area contributed by atoms with E-state index in [-0.39, 0.29) is 5.91 Å². The first-order valence-electron chi connectivity index (χ1n) is 6.01. The van der Waals surface area contributed by atoms with Crippen molar-refractivity contribution in [3.63, 3.8) is 0 Å². The van der Waals surface area contributed by atoms with Crippen LogP contribution in [-0.2, 0) is 0 Å².